The second kappa shape index (κ2) is 4.79. The van der Waals surface area contributed by atoms with Crippen LogP contribution in [-0.4, -0.2) is 21.3 Å². The lowest BCUT2D eigenvalue weighted by atomic mass is 10.5. The summed E-state index contributed by atoms with van der Waals surface area (Å²) < 4.78 is 18.6. The summed E-state index contributed by atoms with van der Waals surface area (Å²) in [7, 11) is -4.76. The summed E-state index contributed by atoms with van der Waals surface area (Å²) in [5.74, 6) is 0. The predicted molar refractivity (Wildman–Crippen MR) is 45.9 cm³/mol. The van der Waals surface area contributed by atoms with E-state index in [-0.39, 0.29) is 6.61 Å². The highest BCUT2D eigenvalue weighted by Crippen LogP contribution is 2.57. The standard InChI is InChI=1S/C3H10O6P2S/c1-2-3-8-11(7,12)9-10(4,5)6/h2-3H2,1H3,(H,7,12)(H2,4,5,6). The molecule has 0 fully saturated rings. The van der Waals surface area contributed by atoms with Gasteiger partial charge in [0.05, 0.1) is 6.61 Å². The minimum atomic E-state index is -4.76. The monoisotopic (exact) mass is 236 g/mol. The molecule has 74 valence electrons. The van der Waals surface area contributed by atoms with Gasteiger partial charge in [0.15, 0.2) is 0 Å². The van der Waals surface area contributed by atoms with Crippen LogP contribution in [0.1, 0.15) is 13.3 Å². The third-order valence-electron chi connectivity index (χ3n) is 0.668. The molecular formula is C3H10O6P2S. The molecule has 0 aromatic heterocycles. The molecule has 3 N–H and O–H groups in total. The van der Waals surface area contributed by atoms with Gasteiger partial charge in [-0.3, -0.25) is 0 Å². The van der Waals surface area contributed by atoms with E-state index in [9.17, 15) is 4.57 Å². The summed E-state index contributed by atoms with van der Waals surface area (Å²) in [6.45, 7) is -1.90. The van der Waals surface area contributed by atoms with Gasteiger partial charge in [-0.1, -0.05) is 6.92 Å². The van der Waals surface area contributed by atoms with Gasteiger partial charge in [-0.05, 0) is 18.2 Å². The Morgan fingerprint density at radius 3 is 2.25 bits per heavy atom. The minimum Gasteiger partial charge on any atom is -0.324 e. The summed E-state index contributed by atoms with van der Waals surface area (Å²) in [4.78, 5) is 25.5. The van der Waals surface area contributed by atoms with Crippen LogP contribution in [0.25, 0.3) is 0 Å². The van der Waals surface area contributed by atoms with Gasteiger partial charge < -0.3 is 19.2 Å². The molecule has 9 heteroatoms. The smallest absolute Gasteiger partial charge is 0.324 e. The molecule has 0 saturated carbocycles. The highest BCUT2D eigenvalue weighted by atomic mass is 32.5. The maximum atomic E-state index is 10.2. The Morgan fingerprint density at radius 2 is 1.92 bits per heavy atom. The highest BCUT2D eigenvalue weighted by molar-refractivity contribution is 8.08. The van der Waals surface area contributed by atoms with Crippen LogP contribution in [-0.2, 0) is 25.2 Å². The lowest BCUT2D eigenvalue weighted by Crippen LogP contribution is -1.94. The van der Waals surface area contributed by atoms with E-state index >= 15 is 0 Å². The van der Waals surface area contributed by atoms with Gasteiger partial charge in [-0.2, -0.15) is 0 Å². The molecule has 0 aromatic rings. The summed E-state index contributed by atoms with van der Waals surface area (Å²) >= 11 is 4.29. The van der Waals surface area contributed by atoms with Crippen molar-refractivity contribution in [3.05, 3.63) is 0 Å². The highest BCUT2D eigenvalue weighted by Gasteiger charge is 2.27. The van der Waals surface area contributed by atoms with Crippen molar-refractivity contribution in [2.24, 2.45) is 0 Å². The van der Waals surface area contributed by atoms with Crippen molar-refractivity contribution in [1.29, 1.82) is 0 Å². The van der Waals surface area contributed by atoms with Crippen LogP contribution >= 0.6 is 14.5 Å². The van der Waals surface area contributed by atoms with Gasteiger partial charge in [0, 0.05) is 0 Å². The molecule has 0 saturated heterocycles. The van der Waals surface area contributed by atoms with Gasteiger partial charge >= 0.3 is 14.5 Å². The molecule has 1 unspecified atom stereocenters. The topological polar surface area (TPSA) is 96.2 Å². The zero-order valence-electron chi connectivity index (χ0n) is 6.28. The molecule has 0 radical (unpaired) electrons. The van der Waals surface area contributed by atoms with E-state index in [0.29, 0.717) is 6.42 Å². The molecule has 0 heterocycles. The first kappa shape index (κ1) is 12.7. The van der Waals surface area contributed by atoms with Crippen molar-refractivity contribution < 1.29 is 28.1 Å². The van der Waals surface area contributed by atoms with Crippen molar-refractivity contribution in [3.8, 4) is 0 Å². The molecule has 6 nitrogen and oxygen atoms in total. The molecule has 0 spiro atoms. The fraction of sp³-hybridized carbons (Fsp3) is 1.00. The van der Waals surface area contributed by atoms with Crippen molar-refractivity contribution >= 4 is 26.3 Å². The summed E-state index contributed by atoms with van der Waals surface area (Å²) in [5.41, 5.74) is 0. The first-order chi connectivity index (χ1) is 5.27. The number of hydrogen-bond donors (Lipinski definition) is 3. The lowest BCUT2D eigenvalue weighted by molar-refractivity contribution is 0.220. The minimum absolute atomic E-state index is 0.105. The van der Waals surface area contributed by atoms with E-state index in [1.54, 1.807) is 6.92 Å². The third-order valence-corrected chi connectivity index (χ3v) is 3.77. The molecule has 0 rings (SSSR count). The first-order valence-electron chi connectivity index (χ1n) is 3.01. The summed E-state index contributed by atoms with van der Waals surface area (Å²) in [5, 5.41) is 0. The average Bonchev–Trinajstić information content (AvgIpc) is 1.78. The van der Waals surface area contributed by atoms with Gasteiger partial charge in [0.1, 0.15) is 0 Å². The number of hydrogen-bond acceptors (Lipinski definition) is 4. The SMILES string of the molecule is CCCOP(O)(=S)OP(=O)(O)O. The normalized spacial score (nSPS) is 17.3. The van der Waals surface area contributed by atoms with E-state index in [0.717, 1.165) is 0 Å². The van der Waals surface area contributed by atoms with E-state index < -0.39 is 14.5 Å². The van der Waals surface area contributed by atoms with Crippen molar-refractivity contribution in [2.45, 2.75) is 13.3 Å². The molecular weight excluding hydrogens is 226 g/mol. The van der Waals surface area contributed by atoms with E-state index in [1.807, 2.05) is 0 Å². The van der Waals surface area contributed by atoms with E-state index in [1.165, 1.54) is 0 Å². The van der Waals surface area contributed by atoms with Gasteiger partial charge in [-0.15, -0.1) is 0 Å². The quantitative estimate of drug-likeness (QED) is 0.605. The second-order valence-electron chi connectivity index (χ2n) is 1.87. The molecule has 0 aliphatic heterocycles. The van der Waals surface area contributed by atoms with Gasteiger partial charge in [0.25, 0.3) is 0 Å². The van der Waals surface area contributed by atoms with Gasteiger partial charge in [-0.25, -0.2) is 8.88 Å². The molecule has 0 aliphatic rings. The first-order valence-corrected chi connectivity index (χ1v) is 7.13. The average molecular weight is 236 g/mol. The Labute approximate surface area is 75.0 Å². The fourth-order valence-electron chi connectivity index (χ4n) is 0.365. The van der Waals surface area contributed by atoms with Crippen LogP contribution < -0.4 is 0 Å². The summed E-state index contributed by atoms with van der Waals surface area (Å²) in [6, 6.07) is 0. The van der Waals surface area contributed by atoms with E-state index in [2.05, 4.69) is 20.6 Å². The third kappa shape index (κ3) is 7.34. The molecule has 1 atom stereocenters. The van der Waals surface area contributed by atoms with Crippen molar-refractivity contribution in [1.82, 2.24) is 0 Å². The van der Waals surface area contributed by atoms with Gasteiger partial charge in [0.2, 0.25) is 0 Å². The molecule has 0 amide bonds. The van der Waals surface area contributed by atoms with Crippen molar-refractivity contribution in [3.63, 3.8) is 0 Å². The molecule has 12 heavy (non-hydrogen) atoms. The zero-order chi connectivity index (χ0) is 9.83. The fourth-order valence-corrected chi connectivity index (χ4v) is 3.05. The predicted octanol–water partition coefficient (Wildman–Crippen LogP) is 0.739. The Hall–Kier alpha value is 0.680. The van der Waals surface area contributed by atoms with Crippen LogP contribution in [0, 0.1) is 0 Å². The van der Waals surface area contributed by atoms with Crippen LogP contribution in [0.2, 0.25) is 0 Å². The van der Waals surface area contributed by atoms with Crippen LogP contribution in [0.5, 0.6) is 0 Å². The largest absolute Gasteiger partial charge is 0.476 e. The molecule has 0 bridgehead atoms. The Balaban J connectivity index is 4.05. The summed E-state index contributed by atoms with van der Waals surface area (Å²) in [6.07, 6.45) is 0.573. The zero-order valence-corrected chi connectivity index (χ0v) is 8.89. The Morgan fingerprint density at radius 1 is 1.42 bits per heavy atom. The molecule has 0 aliphatic carbocycles. The second-order valence-corrected chi connectivity index (χ2v) is 6.09. The van der Waals surface area contributed by atoms with E-state index in [4.69, 9.17) is 14.7 Å². The Kier molecular flexibility index (Phi) is 5.06. The molecule has 0 aromatic carbocycles. The maximum absolute atomic E-state index is 10.2. The van der Waals surface area contributed by atoms with Crippen LogP contribution in [0.15, 0.2) is 0 Å². The number of rotatable bonds is 5. The van der Waals surface area contributed by atoms with Crippen LogP contribution in [0.3, 0.4) is 0 Å². The van der Waals surface area contributed by atoms with Crippen molar-refractivity contribution in [2.75, 3.05) is 6.61 Å². The Bertz CT molecular complexity index is 223. The van der Waals surface area contributed by atoms with Crippen LogP contribution in [0.4, 0.5) is 0 Å². The lowest BCUT2D eigenvalue weighted by Gasteiger charge is -2.14. The number of phosphoric acid groups is 1. The maximum Gasteiger partial charge on any atom is 0.476 e.